The van der Waals surface area contributed by atoms with Crippen LogP contribution in [0.5, 0.6) is 0 Å². The zero-order chi connectivity index (χ0) is 18.0. The minimum absolute atomic E-state index is 0.129. The Kier molecular flexibility index (Phi) is 4.67. The summed E-state index contributed by atoms with van der Waals surface area (Å²) in [5.74, 6) is -0.824. The van der Waals surface area contributed by atoms with Crippen molar-refractivity contribution in [2.45, 2.75) is 6.42 Å². The molecule has 0 unspecified atom stereocenters. The highest BCUT2D eigenvalue weighted by molar-refractivity contribution is 7.18. The largest absolute Gasteiger partial charge is 0.465 e. The van der Waals surface area contributed by atoms with Crippen LogP contribution in [0.2, 0.25) is 0 Å². The molecule has 1 N–H and O–H groups in total. The third-order valence-corrected chi connectivity index (χ3v) is 4.84. The van der Waals surface area contributed by atoms with Gasteiger partial charge in [0.15, 0.2) is 0 Å². The molecule has 0 radical (unpaired) electrons. The van der Waals surface area contributed by atoms with Gasteiger partial charge in [-0.2, -0.15) is 0 Å². The van der Waals surface area contributed by atoms with Crippen molar-refractivity contribution in [1.82, 2.24) is 4.90 Å². The van der Waals surface area contributed by atoms with Crippen molar-refractivity contribution in [3.05, 3.63) is 59.0 Å². The highest BCUT2D eigenvalue weighted by Crippen LogP contribution is 2.31. The Morgan fingerprint density at radius 3 is 2.60 bits per heavy atom. The molecule has 0 bridgehead atoms. The Morgan fingerprint density at radius 1 is 1.20 bits per heavy atom. The van der Waals surface area contributed by atoms with E-state index >= 15 is 0 Å². The van der Waals surface area contributed by atoms with E-state index in [1.807, 2.05) is 12.1 Å². The van der Waals surface area contributed by atoms with E-state index in [4.69, 9.17) is 0 Å². The highest BCUT2D eigenvalue weighted by Gasteiger charge is 2.30. The third kappa shape index (κ3) is 3.32. The van der Waals surface area contributed by atoms with Crippen LogP contribution >= 0.6 is 11.3 Å². The predicted molar refractivity (Wildman–Crippen MR) is 95.4 cm³/mol. The molecule has 2 heterocycles. The van der Waals surface area contributed by atoms with Crippen molar-refractivity contribution in [1.29, 1.82) is 0 Å². The molecule has 6 nitrogen and oxygen atoms in total. The molecule has 25 heavy (non-hydrogen) atoms. The number of thiophene rings is 1. The van der Waals surface area contributed by atoms with Crippen LogP contribution in [0.4, 0.5) is 5.00 Å². The SMILES string of the molecule is C=C1c2ccccc2C(=O)N1CCC(=O)Nc1ccc(C(=O)OC)s1. The molecule has 0 atom stereocenters. The second-order valence-corrected chi connectivity index (χ2v) is 6.49. The first kappa shape index (κ1) is 16.9. The first-order valence-electron chi connectivity index (χ1n) is 7.59. The molecule has 3 rings (SSSR count). The Hall–Kier alpha value is -2.93. The van der Waals surface area contributed by atoms with Crippen LogP contribution in [0.15, 0.2) is 43.0 Å². The summed E-state index contributed by atoms with van der Waals surface area (Å²) in [6, 6.07) is 10.5. The number of amides is 2. The first-order chi connectivity index (χ1) is 12.0. The van der Waals surface area contributed by atoms with Crippen LogP contribution in [0, 0.1) is 0 Å². The van der Waals surface area contributed by atoms with Gasteiger partial charge in [-0.25, -0.2) is 4.79 Å². The Bertz CT molecular complexity index is 836. The normalized spacial score (nSPS) is 12.9. The van der Waals surface area contributed by atoms with Gasteiger partial charge in [-0.1, -0.05) is 24.8 Å². The lowest BCUT2D eigenvalue weighted by Crippen LogP contribution is -2.27. The van der Waals surface area contributed by atoms with E-state index in [0.29, 0.717) is 21.1 Å². The number of esters is 1. The molecule has 2 amide bonds. The molecule has 7 heteroatoms. The maximum absolute atomic E-state index is 12.4. The van der Waals surface area contributed by atoms with Crippen molar-refractivity contribution in [3.63, 3.8) is 0 Å². The fraction of sp³-hybridized carbons (Fsp3) is 0.167. The number of fused-ring (bicyclic) bond motifs is 1. The number of benzene rings is 1. The van der Waals surface area contributed by atoms with E-state index in [1.165, 1.54) is 12.0 Å². The van der Waals surface area contributed by atoms with E-state index in [2.05, 4.69) is 16.6 Å². The minimum Gasteiger partial charge on any atom is -0.465 e. The standard InChI is InChI=1S/C18H16N2O4S/c1-11-12-5-3-4-6-13(12)17(22)20(11)10-9-15(21)19-16-8-7-14(25-16)18(23)24-2/h3-8H,1,9-10H2,2H3,(H,19,21). The molecule has 1 aromatic heterocycles. The molecular weight excluding hydrogens is 340 g/mol. The number of nitrogens with one attached hydrogen (secondary N) is 1. The van der Waals surface area contributed by atoms with Crippen LogP contribution in [0.25, 0.3) is 5.70 Å². The van der Waals surface area contributed by atoms with E-state index in [-0.39, 0.29) is 24.8 Å². The van der Waals surface area contributed by atoms with Gasteiger partial charge >= 0.3 is 5.97 Å². The average Bonchev–Trinajstić information content (AvgIpc) is 3.17. The number of carbonyl (C=O) groups is 3. The van der Waals surface area contributed by atoms with Gasteiger partial charge in [0, 0.05) is 29.8 Å². The molecule has 128 valence electrons. The molecule has 1 aromatic carbocycles. The van der Waals surface area contributed by atoms with Crippen LogP contribution in [0.3, 0.4) is 0 Å². The lowest BCUT2D eigenvalue weighted by Gasteiger charge is -2.16. The van der Waals surface area contributed by atoms with Crippen LogP contribution in [-0.2, 0) is 9.53 Å². The molecular formula is C18H16N2O4S. The van der Waals surface area contributed by atoms with Gasteiger partial charge < -0.3 is 15.0 Å². The van der Waals surface area contributed by atoms with Crippen molar-refractivity contribution < 1.29 is 19.1 Å². The number of hydrogen-bond acceptors (Lipinski definition) is 5. The fourth-order valence-corrected chi connectivity index (χ4v) is 3.44. The van der Waals surface area contributed by atoms with Gasteiger partial charge in [0.05, 0.1) is 12.1 Å². The summed E-state index contributed by atoms with van der Waals surface area (Å²) in [6.07, 6.45) is 0.129. The zero-order valence-electron chi connectivity index (χ0n) is 13.6. The average molecular weight is 356 g/mol. The third-order valence-electron chi connectivity index (χ3n) is 3.86. The van der Waals surface area contributed by atoms with Crippen LogP contribution < -0.4 is 5.32 Å². The lowest BCUT2D eigenvalue weighted by atomic mass is 10.1. The second kappa shape index (κ2) is 6.90. The molecule has 0 fully saturated rings. The number of nitrogens with zero attached hydrogens (tertiary/aromatic N) is 1. The van der Waals surface area contributed by atoms with Gasteiger partial charge in [0.1, 0.15) is 4.88 Å². The minimum atomic E-state index is -0.442. The summed E-state index contributed by atoms with van der Waals surface area (Å²) in [5, 5.41) is 3.28. The summed E-state index contributed by atoms with van der Waals surface area (Å²) in [4.78, 5) is 37.8. The molecule has 0 saturated heterocycles. The molecule has 2 aromatic rings. The topological polar surface area (TPSA) is 75.7 Å². The molecule has 1 aliphatic rings. The number of rotatable bonds is 5. The summed E-state index contributed by atoms with van der Waals surface area (Å²) < 4.78 is 4.63. The molecule has 0 spiro atoms. The van der Waals surface area contributed by atoms with E-state index < -0.39 is 5.97 Å². The number of hydrogen-bond donors (Lipinski definition) is 1. The predicted octanol–water partition coefficient (Wildman–Crippen LogP) is 2.99. The molecule has 0 aliphatic carbocycles. The van der Waals surface area contributed by atoms with Gasteiger partial charge in [-0.3, -0.25) is 9.59 Å². The van der Waals surface area contributed by atoms with Gasteiger partial charge in [0.25, 0.3) is 5.91 Å². The monoisotopic (exact) mass is 356 g/mol. The highest BCUT2D eigenvalue weighted by atomic mass is 32.1. The molecule has 0 saturated carbocycles. The van der Waals surface area contributed by atoms with Gasteiger partial charge in [-0.15, -0.1) is 11.3 Å². The Labute approximate surface area is 148 Å². The smallest absolute Gasteiger partial charge is 0.348 e. The second-order valence-electron chi connectivity index (χ2n) is 5.40. The number of ether oxygens (including phenoxy) is 1. The number of carbonyl (C=O) groups excluding carboxylic acids is 3. The van der Waals surface area contributed by atoms with Crippen molar-refractivity contribution in [2.24, 2.45) is 0 Å². The van der Waals surface area contributed by atoms with Crippen molar-refractivity contribution >= 4 is 39.8 Å². The zero-order valence-corrected chi connectivity index (χ0v) is 14.4. The fourth-order valence-electron chi connectivity index (χ4n) is 2.60. The van der Waals surface area contributed by atoms with Gasteiger partial charge in [-0.05, 0) is 18.2 Å². The van der Waals surface area contributed by atoms with Gasteiger partial charge in [0.2, 0.25) is 5.91 Å². The summed E-state index contributed by atoms with van der Waals surface area (Å²) in [5.41, 5.74) is 2.01. The van der Waals surface area contributed by atoms with Crippen molar-refractivity contribution in [3.8, 4) is 0 Å². The van der Waals surface area contributed by atoms with Crippen LogP contribution in [-0.4, -0.2) is 36.3 Å². The lowest BCUT2D eigenvalue weighted by molar-refractivity contribution is -0.116. The first-order valence-corrected chi connectivity index (χ1v) is 8.41. The quantitative estimate of drug-likeness (QED) is 0.836. The summed E-state index contributed by atoms with van der Waals surface area (Å²) in [7, 11) is 1.30. The maximum Gasteiger partial charge on any atom is 0.348 e. The van der Waals surface area contributed by atoms with Crippen LogP contribution in [0.1, 0.15) is 32.0 Å². The summed E-state index contributed by atoms with van der Waals surface area (Å²) >= 11 is 1.14. The van der Waals surface area contributed by atoms with E-state index in [9.17, 15) is 14.4 Å². The van der Waals surface area contributed by atoms with E-state index in [0.717, 1.165) is 16.9 Å². The summed E-state index contributed by atoms with van der Waals surface area (Å²) in [6.45, 7) is 4.19. The maximum atomic E-state index is 12.4. The Morgan fingerprint density at radius 2 is 1.92 bits per heavy atom. The Balaban J connectivity index is 1.58. The number of methoxy groups -OCH3 is 1. The van der Waals surface area contributed by atoms with E-state index in [1.54, 1.807) is 24.3 Å². The van der Waals surface area contributed by atoms with Crippen molar-refractivity contribution in [2.75, 3.05) is 19.0 Å². The number of anilines is 1. The molecule has 1 aliphatic heterocycles.